The van der Waals surface area contributed by atoms with Crippen LogP contribution in [0.1, 0.15) is 26.3 Å². The summed E-state index contributed by atoms with van der Waals surface area (Å²) in [6.07, 6.45) is 0. The van der Waals surface area contributed by atoms with Crippen molar-refractivity contribution in [3.63, 3.8) is 0 Å². The summed E-state index contributed by atoms with van der Waals surface area (Å²) in [5.74, 6) is 2.33. The molecule has 5 heteroatoms. The number of nitrogens with zero attached hydrogens (tertiary/aromatic N) is 2. The maximum atomic E-state index is 12.6. The molecule has 0 aromatic heterocycles. The standard InChI is InChI=1S/C19H30N2O2S/c1-15(2)19-14-20(12-16(19)3)13-17-4-6-18(7-5-17)24(22)21-8-10-23-11-9-21/h4-7,15-16,19H,8-14H2,1-3H3. The molecule has 2 saturated heterocycles. The van der Waals surface area contributed by atoms with Gasteiger partial charge in [-0.2, -0.15) is 0 Å². The molecule has 2 fully saturated rings. The van der Waals surface area contributed by atoms with Gasteiger partial charge in [0.15, 0.2) is 0 Å². The third-order valence-electron chi connectivity index (χ3n) is 5.34. The summed E-state index contributed by atoms with van der Waals surface area (Å²) in [6, 6.07) is 8.34. The number of hydrogen-bond donors (Lipinski definition) is 0. The largest absolute Gasteiger partial charge is 0.379 e. The first kappa shape index (κ1) is 18.1. The van der Waals surface area contributed by atoms with Gasteiger partial charge in [0.25, 0.3) is 0 Å². The molecule has 0 amide bonds. The van der Waals surface area contributed by atoms with E-state index in [9.17, 15) is 4.21 Å². The van der Waals surface area contributed by atoms with Crippen LogP contribution in [0.15, 0.2) is 29.2 Å². The topological polar surface area (TPSA) is 32.8 Å². The first-order valence-corrected chi connectivity index (χ1v) is 10.2. The molecule has 2 aliphatic rings. The molecule has 1 aromatic carbocycles. The fraction of sp³-hybridized carbons (Fsp3) is 0.684. The normalized spacial score (nSPS) is 27.7. The van der Waals surface area contributed by atoms with Crippen LogP contribution in [-0.2, 0) is 22.3 Å². The Hall–Kier alpha value is -0.750. The Bertz CT molecular complexity index is 555. The molecule has 0 aliphatic carbocycles. The number of ether oxygens (including phenoxy) is 1. The van der Waals surface area contributed by atoms with Crippen molar-refractivity contribution in [2.75, 3.05) is 39.4 Å². The van der Waals surface area contributed by atoms with E-state index in [0.29, 0.717) is 13.2 Å². The highest BCUT2D eigenvalue weighted by Gasteiger charge is 2.31. The van der Waals surface area contributed by atoms with Crippen LogP contribution in [0.25, 0.3) is 0 Å². The van der Waals surface area contributed by atoms with Gasteiger partial charge in [0.05, 0.1) is 18.1 Å². The van der Waals surface area contributed by atoms with E-state index >= 15 is 0 Å². The van der Waals surface area contributed by atoms with E-state index in [4.69, 9.17) is 4.74 Å². The van der Waals surface area contributed by atoms with Crippen molar-refractivity contribution in [2.24, 2.45) is 17.8 Å². The zero-order valence-corrected chi connectivity index (χ0v) is 15.9. The second-order valence-corrected chi connectivity index (χ2v) is 9.00. The average Bonchev–Trinajstić information content (AvgIpc) is 2.96. The monoisotopic (exact) mass is 350 g/mol. The summed E-state index contributed by atoms with van der Waals surface area (Å²) in [7, 11) is -1.06. The van der Waals surface area contributed by atoms with E-state index in [0.717, 1.165) is 42.3 Å². The molecule has 2 heterocycles. The first-order chi connectivity index (χ1) is 11.5. The Balaban J connectivity index is 1.58. The van der Waals surface area contributed by atoms with Gasteiger partial charge in [-0.1, -0.05) is 32.9 Å². The summed E-state index contributed by atoms with van der Waals surface area (Å²) in [5, 5.41) is 0. The Morgan fingerprint density at radius 1 is 1.17 bits per heavy atom. The van der Waals surface area contributed by atoms with Crippen LogP contribution in [0.3, 0.4) is 0 Å². The van der Waals surface area contributed by atoms with E-state index in [-0.39, 0.29) is 0 Å². The lowest BCUT2D eigenvalue weighted by atomic mass is 9.88. The summed E-state index contributed by atoms with van der Waals surface area (Å²) in [6.45, 7) is 13.3. The number of likely N-dealkylation sites (tertiary alicyclic amines) is 1. The SMILES string of the molecule is CC(C)C1CN(Cc2ccc(S(=O)N3CCOCC3)cc2)CC1C. The van der Waals surface area contributed by atoms with E-state index in [1.807, 2.05) is 16.4 Å². The van der Waals surface area contributed by atoms with Crippen LogP contribution in [0.5, 0.6) is 0 Å². The zero-order chi connectivity index (χ0) is 17.1. The van der Waals surface area contributed by atoms with Crippen molar-refractivity contribution in [2.45, 2.75) is 32.2 Å². The molecule has 0 radical (unpaired) electrons. The van der Waals surface area contributed by atoms with Crippen molar-refractivity contribution >= 4 is 11.0 Å². The molecule has 3 rings (SSSR count). The van der Waals surface area contributed by atoms with Gasteiger partial charge >= 0.3 is 0 Å². The molecule has 134 valence electrons. The molecule has 0 bridgehead atoms. The quantitative estimate of drug-likeness (QED) is 0.819. The van der Waals surface area contributed by atoms with E-state index < -0.39 is 11.0 Å². The van der Waals surface area contributed by atoms with Crippen LogP contribution in [0.4, 0.5) is 0 Å². The summed E-state index contributed by atoms with van der Waals surface area (Å²) < 4.78 is 19.9. The second-order valence-electron chi connectivity index (χ2n) is 7.51. The van der Waals surface area contributed by atoms with E-state index in [1.54, 1.807) is 0 Å². The van der Waals surface area contributed by atoms with E-state index in [1.165, 1.54) is 18.7 Å². The Morgan fingerprint density at radius 2 is 1.83 bits per heavy atom. The average molecular weight is 351 g/mol. The summed E-state index contributed by atoms with van der Waals surface area (Å²) in [4.78, 5) is 3.46. The van der Waals surface area contributed by atoms with Crippen molar-refractivity contribution in [1.82, 2.24) is 9.21 Å². The third-order valence-corrected chi connectivity index (χ3v) is 6.85. The second kappa shape index (κ2) is 8.09. The smallest absolute Gasteiger partial charge is 0.127 e. The highest BCUT2D eigenvalue weighted by Crippen LogP contribution is 2.30. The molecule has 3 atom stereocenters. The summed E-state index contributed by atoms with van der Waals surface area (Å²) >= 11 is 0. The van der Waals surface area contributed by atoms with Crippen molar-refractivity contribution in [1.29, 1.82) is 0 Å². The number of hydrogen-bond acceptors (Lipinski definition) is 3. The molecule has 0 N–H and O–H groups in total. The number of morpholine rings is 1. The predicted octanol–water partition coefficient (Wildman–Crippen LogP) is 2.77. The number of rotatable bonds is 5. The van der Waals surface area contributed by atoms with Crippen LogP contribution in [0.2, 0.25) is 0 Å². The first-order valence-electron chi connectivity index (χ1n) is 9.10. The van der Waals surface area contributed by atoms with Crippen LogP contribution in [0, 0.1) is 17.8 Å². The highest BCUT2D eigenvalue weighted by atomic mass is 32.2. The lowest BCUT2D eigenvalue weighted by Crippen LogP contribution is -2.37. The van der Waals surface area contributed by atoms with Gasteiger partial charge in [0.2, 0.25) is 0 Å². The lowest BCUT2D eigenvalue weighted by Gasteiger charge is -2.25. The maximum Gasteiger partial charge on any atom is 0.127 e. The van der Waals surface area contributed by atoms with Gasteiger partial charge in [0, 0.05) is 32.7 Å². The molecule has 2 aliphatic heterocycles. The Labute approximate surface area is 148 Å². The molecule has 24 heavy (non-hydrogen) atoms. The predicted molar refractivity (Wildman–Crippen MR) is 98.0 cm³/mol. The van der Waals surface area contributed by atoms with Gasteiger partial charge in [0.1, 0.15) is 11.0 Å². The minimum absolute atomic E-state index is 0.675. The van der Waals surface area contributed by atoms with Crippen LogP contribution < -0.4 is 0 Å². The fourth-order valence-electron chi connectivity index (χ4n) is 3.92. The van der Waals surface area contributed by atoms with Gasteiger partial charge < -0.3 is 4.74 Å². The minimum atomic E-state index is -1.06. The zero-order valence-electron chi connectivity index (χ0n) is 15.1. The van der Waals surface area contributed by atoms with Gasteiger partial charge in [-0.05, 0) is 35.4 Å². The summed E-state index contributed by atoms with van der Waals surface area (Å²) in [5.41, 5.74) is 1.31. The minimum Gasteiger partial charge on any atom is -0.379 e. The maximum absolute atomic E-state index is 12.6. The van der Waals surface area contributed by atoms with Gasteiger partial charge in [-0.25, -0.2) is 8.51 Å². The Kier molecular flexibility index (Phi) is 6.08. The Morgan fingerprint density at radius 3 is 2.42 bits per heavy atom. The molecule has 3 unspecified atom stereocenters. The molecule has 0 spiro atoms. The molecular formula is C19H30N2O2S. The highest BCUT2D eigenvalue weighted by molar-refractivity contribution is 7.82. The van der Waals surface area contributed by atoms with Crippen molar-refractivity contribution < 1.29 is 8.95 Å². The van der Waals surface area contributed by atoms with Gasteiger partial charge in [-0.3, -0.25) is 4.90 Å². The fourth-order valence-corrected chi connectivity index (χ4v) is 5.07. The van der Waals surface area contributed by atoms with Crippen molar-refractivity contribution in [3.05, 3.63) is 29.8 Å². The van der Waals surface area contributed by atoms with Gasteiger partial charge in [-0.15, -0.1) is 0 Å². The molecular weight excluding hydrogens is 320 g/mol. The van der Waals surface area contributed by atoms with Crippen molar-refractivity contribution in [3.8, 4) is 0 Å². The molecule has 1 aromatic rings. The van der Waals surface area contributed by atoms with Crippen LogP contribution >= 0.6 is 0 Å². The number of benzene rings is 1. The van der Waals surface area contributed by atoms with Crippen LogP contribution in [-0.4, -0.2) is 52.8 Å². The van der Waals surface area contributed by atoms with E-state index in [2.05, 4.69) is 37.8 Å². The molecule has 0 saturated carbocycles. The molecule has 4 nitrogen and oxygen atoms in total. The third kappa shape index (κ3) is 4.26. The lowest BCUT2D eigenvalue weighted by molar-refractivity contribution is 0.0752.